The van der Waals surface area contributed by atoms with Crippen molar-refractivity contribution in [1.82, 2.24) is 9.97 Å². The van der Waals surface area contributed by atoms with E-state index >= 15 is 0 Å². The van der Waals surface area contributed by atoms with Crippen molar-refractivity contribution in [3.63, 3.8) is 0 Å². The summed E-state index contributed by atoms with van der Waals surface area (Å²) in [5, 5.41) is 11.4. The fourth-order valence-electron chi connectivity index (χ4n) is 1.53. The first-order valence-electron chi connectivity index (χ1n) is 5.30. The van der Waals surface area contributed by atoms with E-state index in [0.717, 1.165) is 11.4 Å². The predicted octanol–water partition coefficient (Wildman–Crippen LogP) is 3.15. The SMILES string of the molecule is Cc1cc(C)nc(Sc2ccccc2[N+](=O)[O-])n1. The first-order chi connectivity index (χ1) is 8.56. The van der Waals surface area contributed by atoms with E-state index in [-0.39, 0.29) is 5.69 Å². The maximum Gasteiger partial charge on any atom is 0.283 e. The van der Waals surface area contributed by atoms with Gasteiger partial charge in [0, 0.05) is 17.5 Å². The average Bonchev–Trinajstić information content (AvgIpc) is 2.27. The zero-order valence-electron chi connectivity index (χ0n) is 9.95. The normalized spacial score (nSPS) is 10.3. The van der Waals surface area contributed by atoms with Crippen LogP contribution in [0.1, 0.15) is 11.4 Å². The van der Waals surface area contributed by atoms with Crippen LogP contribution in [0.2, 0.25) is 0 Å². The average molecular weight is 261 g/mol. The summed E-state index contributed by atoms with van der Waals surface area (Å²) in [6, 6.07) is 8.45. The summed E-state index contributed by atoms with van der Waals surface area (Å²) in [5.74, 6) is 0. The molecule has 0 unspecified atom stereocenters. The summed E-state index contributed by atoms with van der Waals surface area (Å²) >= 11 is 1.21. The molecule has 92 valence electrons. The van der Waals surface area contributed by atoms with Gasteiger partial charge in [0.2, 0.25) is 0 Å². The van der Waals surface area contributed by atoms with Crippen molar-refractivity contribution in [1.29, 1.82) is 0 Å². The van der Waals surface area contributed by atoms with Gasteiger partial charge in [0.15, 0.2) is 5.16 Å². The summed E-state index contributed by atoms with van der Waals surface area (Å²) in [5.41, 5.74) is 1.78. The van der Waals surface area contributed by atoms with Crippen molar-refractivity contribution in [3.05, 3.63) is 51.8 Å². The number of nitro groups is 1. The van der Waals surface area contributed by atoms with E-state index in [0.29, 0.717) is 10.1 Å². The first kappa shape index (κ1) is 12.5. The van der Waals surface area contributed by atoms with Gasteiger partial charge in [0.25, 0.3) is 5.69 Å². The van der Waals surface area contributed by atoms with Crippen LogP contribution >= 0.6 is 11.8 Å². The van der Waals surface area contributed by atoms with E-state index in [2.05, 4.69) is 9.97 Å². The van der Waals surface area contributed by atoms with Crippen molar-refractivity contribution in [2.24, 2.45) is 0 Å². The molecular formula is C12H11N3O2S. The van der Waals surface area contributed by atoms with E-state index in [1.54, 1.807) is 18.2 Å². The Bertz CT molecular complexity index is 581. The molecule has 0 aliphatic heterocycles. The Morgan fingerprint density at radius 1 is 1.17 bits per heavy atom. The van der Waals surface area contributed by atoms with Crippen LogP contribution < -0.4 is 0 Å². The number of benzene rings is 1. The number of hydrogen-bond acceptors (Lipinski definition) is 5. The number of rotatable bonds is 3. The lowest BCUT2D eigenvalue weighted by molar-refractivity contribution is -0.387. The molecule has 2 rings (SSSR count). The van der Waals surface area contributed by atoms with Gasteiger partial charge in [0.05, 0.1) is 9.82 Å². The van der Waals surface area contributed by atoms with E-state index in [1.807, 2.05) is 19.9 Å². The van der Waals surface area contributed by atoms with Crippen LogP contribution in [-0.2, 0) is 0 Å². The van der Waals surface area contributed by atoms with Gasteiger partial charge in [-0.2, -0.15) is 0 Å². The zero-order chi connectivity index (χ0) is 13.1. The van der Waals surface area contributed by atoms with Crippen molar-refractivity contribution >= 4 is 17.4 Å². The maximum atomic E-state index is 10.9. The molecule has 0 saturated heterocycles. The lowest BCUT2D eigenvalue weighted by Crippen LogP contribution is -1.94. The highest BCUT2D eigenvalue weighted by atomic mass is 32.2. The molecule has 0 radical (unpaired) electrons. The number of aryl methyl sites for hydroxylation is 2. The highest BCUT2D eigenvalue weighted by molar-refractivity contribution is 7.99. The molecular weight excluding hydrogens is 250 g/mol. The van der Waals surface area contributed by atoms with Crippen LogP contribution in [0.5, 0.6) is 0 Å². The Morgan fingerprint density at radius 2 is 1.78 bits per heavy atom. The molecule has 0 amide bonds. The Morgan fingerprint density at radius 3 is 2.39 bits per heavy atom. The second-order valence-electron chi connectivity index (χ2n) is 3.76. The third-order valence-corrected chi connectivity index (χ3v) is 3.16. The Balaban J connectivity index is 2.37. The van der Waals surface area contributed by atoms with Gasteiger partial charge in [-0.1, -0.05) is 12.1 Å². The third-order valence-electron chi connectivity index (χ3n) is 2.22. The van der Waals surface area contributed by atoms with Crippen LogP contribution in [0.25, 0.3) is 0 Å². The van der Waals surface area contributed by atoms with Gasteiger partial charge < -0.3 is 0 Å². The van der Waals surface area contributed by atoms with Gasteiger partial charge in [0.1, 0.15) is 0 Å². The Hall–Kier alpha value is -1.95. The third kappa shape index (κ3) is 2.84. The molecule has 0 aliphatic carbocycles. The number of hydrogen-bond donors (Lipinski definition) is 0. The second-order valence-corrected chi connectivity index (χ2v) is 4.77. The molecule has 6 heteroatoms. The van der Waals surface area contributed by atoms with E-state index in [1.165, 1.54) is 17.8 Å². The van der Waals surface area contributed by atoms with Gasteiger partial charge in [-0.25, -0.2) is 9.97 Å². The van der Waals surface area contributed by atoms with E-state index < -0.39 is 4.92 Å². The lowest BCUT2D eigenvalue weighted by Gasteiger charge is -2.03. The Kier molecular flexibility index (Phi) is 3.57. The maximum absolute atomic E-state index is 10.9. The molecule has 0 fully saturated rings. The first-order valence-corrected chi connectivity index (χ1v) is 6.11. The van der Waals surface area contributed by atoms with Crippen molar-refractivity contribution < 1.29 is 4.92 Å². The quantitative estimate of drug-likeness (QED) is 0.482. The fourth-order valence-corrected chi connectivity index (χ4v) is 2.50. The second kappa shape index (κ2) is 5.14. The molecule has 18 heavy (non-hydrogen) atoms. The number of nitrogens with zero attached hydrogens (tertiary/aromatic N) is 3. The summed E-state index contributed by atoms with van der Waals surface area (Å²) in [6.45, 7) is 3.75. The van der Waals surface area contributed by atoms with E-state index in [4.69, 9.17) is 0 Å². The molecule has 0 N–H and O–H groups in total. The Labute approximate surface area is 108 Å². The number of aromatic nitrogens is 2. The molecule has 0 spiro atoms. The highest BCUT2D eigenvalue weighted by Gasteiger charge is 2.14. The van der Waals surface area contributed by atoms with Crippen LogP contribution in [-0.4, -0.2) is 14.9 Å². The van der Waals surface area contributed by atoms with Gasteiger partial charge >= 0.3 is 0 Å². The van der Waals surface area contributed by atoms with Crippen molar-refractivity contribution in [3.8, 4) is 0 Å². The summed E-state index contributed by atoms with van der Waals surface area (Å²) < 4.78 is 0. The van der Waals surface area contributed by atoms with Crippen molar-refractivity contribution in [2.75, 3.05) is 0 Å². The number of nitro benzene ring substituents is 1. The minimum absolute atomic E-state index is 0.0743. The fraction of sp³-hybridized carbons (Fsp3) is 0.167. The van der Waals surface area contributed by atoms with Crippen LogP contribution in [0, 0.1) is 24.0 Å². The number of para-hydroxylation sites is 1. The smallest absolute Gasteiger partial charge is 0.258 e. The highest BCUT2D eigenvalue weighted by Crippen LogP contribution is 2.32. The summed E-state index contributed by atoms with van der Waals surface area (Å²) in [7, 11) is 0. The molecule has 5 nitrogen and oxygen atoms in total. The van der Waals surface area contributed by atoms with Gasteiger partial charge in [-0.15, -0.1) is 0 Å². The van der Waals surface area contributed by atoms with Crippen LogP contribution in [0.4, 0.5) is 5.69 Å². The molecule has 2 aromatic rings. The molecule has 0 aliphatic rings. The standard InChI is InChI=1S/C12H11N3O2S/c1-8-7-9(2)14-12(13-8)18-11-6-4-3-5-10(11)15(16)17/h3-7H,1-2H3. The molecule has 1 aromatic carbocycles. The van der Waals surface area contributed by atoms with Crippen LogP contribution in [0.3, 0.4) is 0 Å². The minimum Gasteiger partial charge on any atom is -0.258 e. The van der Waals surface area contributed by atoms with Crippen LogP contribution in [0.15, 0.2) is 40.4 Å². The molecule has 0 atom stereocenters. The predicted molar refractivity (Wildman–Crippen MR) is 68.7 cm³/mol. The molecule has 1 heterocycles. The molecule has 0 saturated carbocycles. The zero-order valence-corrected chi connectivity index (χ0v) is 10.8. The monoisotopic (exact) mass is 261 g/mol. The van der Waals surface area contributed by atoms with E-state index in [9.17, 15) is 10.1 Å². The van der Waals surface area contributed by atoms with Crippen molar-refractivity contribution in [2.45, 2.75) is 23.9 Å². The minimum atomic E-state index is -0.398. The topological polar surface area (TPSA) is 68.9 Å². The largest absolute Gasteiger partial charge is 0.283 e. The summed E-state index contributed by atoms with van der Waals surface area (Å²) in [4.78, 5) is 19.6. The van der Waals surface area contributed by atoms with Gasteiger partial charge in [-0.05, 0) is 37.7 Å². The molecule has 1 aromatic heterocycles. The summed E-state index contributed by atoms with van der Waals surface area (Å²) in [6.07, 6.45) is 0. The molecule has 0 bridgehead atoms. The lowest BCUT2D eigenvalue weighted by atomic mass is 10.3. The van der Waals surface area contributed by atoms with Gasteiger partial charge in [-0.3, -0.25) is 10.1 Å².